The van der Waals surface area contributed by atoms with Gasteiger partial charge in [-0.1, -0.05) is 0 Å². The van der Waals surface area contributed by atoms with Crippen molar-refractivity contribution in [3.8, 4) is 0 Å². The summed E-state index contributed by atoms with van der Waals surface area (Å²) in [5.41, 5.74) is 2.07. The molecule has 3 aromatic carbocycles. The van der Waals surface area contributed by atoms with Crippen LogP contribution < -0.4 is 15.9 Å². The third kappa shape index (κ3) is 3.40. The number of hydrogen-bond donors (Lipinski definition) is 0. The molecule has 0 aliphatic carbocycles. The molecular formula is C26H19BrCl2NOP. The predicted octanol–water partition coefficient (Wildman–Crippen LogP) is 7.47. The van der Waals surface area contributed by atoms with Crippen LogP contribution in [0.15, 0.2) is 108 Å². The summed E-state index contributed by atoms with van der Waals surface area (Å²) < 4.78 is 5.53. The molecule has 0 saturated carbocycles. The topological polar surface area (TPSA) is 26.0 Å². The summed E-state index contributed by atoms with van der Waals surface area (Å²) in [5.74, 6) is 0. The Balaban J connectivity index is 1.83. The fourth-order valence-corrected chi connectivity index (χ4v) is 12.1. The minimum absolute atomic E-state index is 0.164. The summed E-state index contributed by atoms with van der Waals surface area (Å²) in [6.07, 6.45) is 0.665. The zero-order chi connectivity index (χ0) is 22.2. The van der Waals surface area contributed by atoms with Gasteiger partial charge in [0.1, 0.15) is 0 Å². The van der Waals surface area contributed by atoms with Crippen LogP contribution in [0.5, 0.6) is 0 Å². The van der Waals surface area contributed by atoms with Crippen LogP contribution in [0.4, 0.5) is 0 Å². The SMILES string of the molecule is Clc1oc2ccc(CP(Br)(c3ccccc3)(c3ccccc3)c3ccccc3)nc2c1Cl. The van der Waals surface area contributed by atoms with E-state index in [1.807, 2.05) is 30.3 Å². The third-order valence-electron chi connectivity index (χ3n) is 5.84. The van der Waals surface area contributed by atoms with Crippen LogP contribution in [0.25, 0.3) is 11.1 Å². The molecule has 0 aliphatic heterocycles. The molecule has 0 N–H and O–H groups in total. The Morgan fingerprint density at radius 1 is 0.688 bits per heavy atom. The Kier molecular flexibility index (Phi) is 5.63. The van der Waals surface area contributed by atoms with Crippen LogP contribution in [0.2, 0.25) is 10.2 Å². The van der Waals surface area contributed by atoms with Gasteiger partial charge in [-0.25, -0.2) is 0 Å². The molecule has 5 rings (SSSR count). The first-order valence-corrected chi connectivity index (χ1v) is 15.3. The molecule has 0 radical (unpaired) electrons. The van der Waals surface area contributed by atoms with Crippen molar-refractivity contribution in [1.29, 1.82) is 0 Å². The Labute approximate surface area is 204 Å². The van der Waals surface area contributed by atoms with Crippen molar-refractivity contribution in [1.82, 2.24) is 4.98 Å². The molecule has 0 bridgehead atoms. The molecule has 0 saturated heterocycles. The van der Waals surface area contributed by atoms with E-state index in [-0.39, 0.29) is 5.22 Å². The van der Waals surface area contributed by atoms with E-state index in [4.69, 9.17) is 32.6 Å². The molecule has 0 aliphatic rings. The first-order chi connectivity index (χ1) is 15.5. The first kappa shape index (κ1) is 21.7. The second-order valence-electron chi connectivity index (χ2n) is 7.69. The number of furan rings is 1. The van der Waals surface area contributed by atoms with Gasteiger partial charge in [0.25, 0.3) is 0 Å². The second-order valence-corrected chi connectivity index (χ2v) is 17.3. The maximum atomic E-state index is 6.38. The van der Waals surface area contributed by atoms with Crippen molar-refractivity contribution in [2.24, 2.45) is 0 Å². The Hall–Kier alpha value is -2.16. The zero-order valence-corrected chi connectivity index (χ0v) is 21.0. The molecule has 0 spiro atoms. The molecule has 0 amide bonds. The van der Waals surface area contributed by atoms with Crippen LogP contribution in [0, 0.1) is 0 Å². The molecule has 2 nitrogen and oxygen atoms in total. The van der Waals surface area contributed by atoms with Crippen molar-refractivity contribution in [2.75, 3.05) is 0 Å². The van der Waals surface area contributed by atoms with Crippen LogP contribution >= 0.6 is 44.0 Å². The summed E-state index contributed by atoms with van der Waals surface area (Å²) in [4.78, 5) is 4.89. The molecule has 0 fully saturated rings. The van der Waals surface area contributed by atoms with Gasteiger partial charge in [0.2, 0.25) is 0 Å². The fraction of sp³-hybridized carbons (Fsp3) is 0.0385. The number of aromatic nitrogens is 1. The molecule has 32 heavy (non-hydrogen) atoms. The van der Waals surface area contributed by atoms with Gasteiger partial charge in [-0.15, -0.1) is 0 Å². The van der Waals surface area contributed by atoms with Crippen molar-refractivity contribution < 1.29 is 4.42 Å². The van der Waals surface area contributed by atoms with Crippen molar-refractivity contribution in [3.05, 3.63) is 119 Å². The predicted molar refractivity (Wildman–Crippen MR) is 142 cm³/mol. The molecule has 0 atom stereocenters. The van der Waals surface area contributed by atoms with Crippen molar-refractivity contribution in [3.63, 3.8) is 0 Å². The average molecular weight is 543 g/mol. The van der Waals surface area contributed by atoms with Crippen LogP contribution in [0.1, 0.15) is 5.69 Å². The fourth-order valence-electron chi connectivity index (χ4n) is 4.29. The molecular weight excluding hydrogens is 524 g/mol. The average Bonchev–Trinajstić information content (AvgIpc) is 3.14. The standard InChI is InChI=1S/C26H19BrCl2NOP/c27-32(20-10-4-1-5-11-20,21-12-6-2-7-13-21,22-14-8-3-9-15-22)18-19-16-17-23-25(30-19)24(28)26(29)31-23/h1-17H,18H2. The summed E-state index contributed by atoms with van der Waals surface area (Å²) in [6, 6.07) is 35.8. The normalized spacial score (nSPS) is 13.0. The zero-order valence-electron chi connectivity index (χ0n) is 17.0. The van der Waals surface area contributed by atoms with Gasteiger partial charge in [-0.3, -0.25) is 0 Å². The first-order valence-electron chi connectivity index (χ1n) is 10.1. The molecule has 160 valence electrons. The van der Waals surface area contributed by atoms with Crippen molar-refractivity contribution >= 4 is 71.0 Å². The van der Waals surface area contributed by atoms with Gasteiger partial charge in [-0.05, 0) is 0 Å². The van der Waals surface area contributed by atoms with Gasteiger partial charge in [0.05, 0.1) is 0 Å². The number of pyridine rings is 1. The summed E-state index contributed by atoms with van der Waals surface area (Å²) in [6.45, 7) is 0. The third-order valence-corrected chi connectivity index (χ3v) is 16.0. The van der Waals surface area contributed by atoms with Crippen LogP contribution in [-0.2, 0) is 6.16 Å². The molecule has 5 aromatic rings. The molecule has 2 aromatic heterocycles. The molecule has 0 unspecified atom stereocenters. The second kappa shape index (κ2) is 8.32. The Morgan fingerprint density at radius 2 is 1.16 bits per heavy atom. The van der Waals surface area contributed by atoms with E-state index in [2.05, 4.69) is 88.3 Å². The van der Waals surface area contributed by atoms with Crippen LogP contribution in [-0.4, -0.2) is 4.98 Å². The van der Waals surface area contributed by atoms with Gasteiger partial charge < -0.3 is 0 Å². The van der Waals surface area contributed by atoms with E-state index < -0.39 is 5.31 Å². The number of nitrogens with zero attached hydrogens (tertiary/aromatic N) is 1. The minimum atomic E-state index is -3.14. The van der Waals surface area contributed by atoms with Crippen molar-refractivity contribution in [2.45, 2.75) is 6.16 Å². The quantitative estimate of drug-likeness (QED) is 0.215. The van der Waals surface area contributed by atoms with Gasteiger partial charge in [-0.2, -0.15) is 0 Å². The number of fused-ring (bicyclic) bond motifs is 1. The van der Waals surface area contributed by atoms with E-state index in [9.17, 15) is 0 Å². The summed E-state index contributed by atoms with van der Waals surface area (Å²) >= 11 is 16.9. The molecule has 6 heteroatoms. The monoisotopic (exact) mass is 541 g/mol. The van der Waals surface area contributed by atoms with Gasteiger partial charge in [0.15, 0.2) is 0 Å². The van der Waals surface area contributed by atoms with Crippen LogP contribution in [0.3, 0.4) is 0 Å². The van der Waals surface area contributed by atoms with E-state index in [1.54, 1.807) is 0 Å². The Morgan fingerprint density at radius 3 is 1.62 bits per heavy atom. The summed E-state index contributed by atoms with van der Waals surface area (Å²) in [5, 5.41) is 1.06. The molecule has 2 heterocycles. The van der Waals surface area contributed by atoms with E-state index in [1.165, 1.54) is 15.9 Å². The van der Waals surface area contributed by atoms with Gasteiger partial charge in [0, 0.05) is 0 Å². The van der Waals surface area contributed by atoms with E-state index in [0.29, 0.717) is 22.3 Å². The summed E-state index contributed by atoms with van der Waals surface area (Å²) in [7, 11) is 0. The number of hydrogen-bond acceptors (Lipinski definition) is 2. The van der Waals surface area contributed by atoms with Gasteiger partial charge >= 0.3 is 206 Å². The maximum absolute atomic E-state index is 6.38. The van der Waals surface area contributed by atoms with E-state index >= 15 is 0 Å². The number of benzene rings is 3. The Bertz CT molecular complexity index is 1290. The number of rotatable bonds is 5. The van der Waals surface area contributed by atoms with E-state index in [0.717, 1.165) is 5.69 Å². The number of halogens is 3.